The Bertz CT molecular complexity index is 560. The highest BCUT2D eigenvalue weighted by Gasteiger charge is 2.15. The van der Waals surface area contributed by atoms with Crippen molar-refractivity contribution in [1.29, 1.82) is 0 Å². The first-order valence-electron chi connectivity index (χ1n) is 5.31. The lowest BCUT2D eigenvalue weighted by Crippen LogP contribution is -2.24. The molecule has 1 aromatic heterocycles. The summed E-state index contributed by atoms with van der Waals surface area (Å²) in [4.78, 5) is 22.8. The van der Waals surface area contributed by atoms with Gasteiger partial charge in [0, 0.05) is 0 Å². The van der Waals surface area contributed by atoms with Gasteiger partial charge in [0.1, 0.15) is 5.76 Å². The van der Waals surface area contributed by atoms with Gasteiger partial charge in [-0.1, -0.05) is 12.1 Å². The molecule has 0 bridgehead atoms. The number of benzene rings is 1. The average Bonchev–Trinajstić information content (AvgIpc) is 2.89. The molecule has 5 nitrogen and oxygen atoms in total. The van der Waals surface area contributed by atoms with Crippen molar-refractivity contribution in [3.8, 4) is 0 Å². The summed E-state index contributed by atoms with van der Waals surface area (Å²) >= 11 is 0. The van der Waals surface area contributed by atoms with Crippen LogP contribution in [0.25, 0.3) is 0 Å². The fourth-order valence-electron chi connectivity index (χ4n) is 1.54. The number of carbonyl (C=O) groups is 2. The Kier molecular flexibility index (Phi) is 3.43. The molecule has 0 aliphatic carbocycles. The molecule has 2 rings (SSSR count). The lowest BCUT2D eigenvalue weighted by molar-refractivity contribution is 0.0691. The summed E-state index contributed by atoms with van der Waals surface area (Å²) in [6, 6.07) is 9.50. The van der Waals surface area contributed by atoms with Crippen molar-refractivity contribution in [2.24, 2.45) is 0 Å². The van der Waals surface area contributed by atoms with Crippen molar-refractivity contribution in [1.82, 2.24) is 5.32 Å². The van der Waals surface area contributed by atoms with Crippen LogP contribution in [0.4, 0.5) is 0 Å². The number of carboxylic acid groups (broad SMARTS) is 1. The van der Waals surface area contributed by atoms with E-state index >= 15 is 0 Å². The van der Waals surface area contributed by atoms with E-state index in [4.69, 9.17) is 9.52 Å². The van der Waals surface area contributed by atoms with Gasteiger partial charge in [-0.05, 0) is 24.3 Å². The molecule has 1 amide bonds. The third-order valence-corrected chi connectivity index (χ3v) is 2.41. The van der Waals surface area contributed by atoms with Gasteiger partial charge in [0.05, 0.1) is 23.9 Å². The topological polar surface area (TPSA) is 79.5 Å². The van der Waals surface area contributed by atoms with Crippen LogP contribution in [0.3, 0.4) is 0 Å². The van der Waals surface area contributed by atoms with Crippen LogP contribution in [0.2, 0.25) is 0 Å². The molecule has 0 aliphatic heterocycles. The van der Waals surface area contributed by atoms with Gasteiger partial charge in [-0.2, -0.15) is 0 Å². The van der Waals surface area contributed by atoms with Gasteiger partial charge in [0.15, 0.2) is 0 Å². The Morgan fingerprint density at radius 3 is 2.44 bits per heavy atom. The van der Waals surface area contributed by atoms with E-state index in [1.165, 1.54) is 18.4 Å². The fourth-order valence-corrected chi connectivity index (χ4v) is 1.54. The molecule has 0 saturated carbocycles. The van der Waals surface area contributed by atoms with Crippen LogP contribution >= 0.6 is 0 Å². The fraction of sp³-hybridized carbons (Fsp3) is 0.0769. The number of carboxylic acids is 1. The van der Waals surface area contributed by atoms with Gasteiger partial charge in [0.25, 0.3) is 5.91 Å². The van der Waals surface area contributed by atoms with E-state index in [1.54, 1.807) is 24.3 Å². The summed E-state index contributed by atoms with van der Waals surface area (Å²) < 4.78 is 5.07. The third-order valence-electron chi connectivity index (χ3n) is 2.41. The van der Waals surface area contributed by atoms with Crippen molar-refractivity contribution in [3.05, 3.63) is 59.5 Å². The number of carbonyl (C=O) groups excluding carboxylic acids is 1. The maximum Gasteiger partial charge on any atom is 0.336 e. The molecule has 18 heavy (non-hydrogen) atoms. The van der Waals surface area contributed by atoms with E-state index < -0.39 is 11.9 Å². The zero-order valence-electron chi connectivity index (χ0n) is 9.42. The Morgan fingerprint density at radius 2 is 1.83 bits per heavy atom. The summed E-state index contributed by atoms with van der Waals surface area (Å²) in [5.41, 5.74) is 0.117. The molecule has 0 atom stereocenters. The van der Waals surface area contributed by atoms with E-state index in [0.717, 1.165) is 0 Å². The van der Waals surface area contributed by atoms with Gasteiger partial charge < -0.3 is 14.8 Å². The van der Waals surface area contributed by atoms with Gasteiger partial charge in [-0.15, -0.1) is 0 Å². The smallest absolute Gasteiger partial charge is 0.336 e. The first-order chi connectivity index (χ1) is 8.68. The monoisotopic (exact) mass is 245 g/mol. The van der Waals surface area contributed by atoms with Crippen molar-refractivity contribution < 1.29 is 19.1 Å². The molecule has 0 radical (unpaired) electrons. The summed E-state index contributed by atoms with van der Waals surface area (Å²) in [6.45, 7) is 0.222. The zero-order valence-corrected chi connectivity index (χ0v) is 9.42. The van der Waals surface area contributed by atoms with Gasteiger partial charge in [0.2, 0.25) is 0 Å². The van der Waals surface area contributed by atoms with E-state index in [0.29, 0.717) is 5.76 Å². The van der Waals surface area contributed by atoms with Crippen LogP contribution < -0.4 is 5.32 Å². The second kappa shape index (κ2) is 5.18. The molecule has 0 unspecified atom stereocenters. The molecule has 0 saturated heterocycles. The second-order valence-corrected chi connectivity index (χ2v) is 3.61. The van der Waals surface area contributed by atoms with Crippen molar-refractivity contribution in [3.63, 3.8) is 0 Å². The molecule has 0 fully saturated rings. The number of amides is 1. The number of hydrogen-bond acceptors (Lipinski definition) is 3. The number of furan rings is 1. The number of nitrogens with one attached hydrogen (secondary N) is 1. The largest absolute Gasteiger partial charge is 0.478 e. The Morgan fingerprint density at radius 1 is 1.11 bits per heavy atom. The highest BCUT2D eigenvalue weighted by molar-refractivity contribution is 6.04. The molecule has 5 heteroatoms. The molecule has 0 aliphatic rings. The maximum absolute atomic E-state index is 11.8. The van der Waals surface area contributed by atoms with E-state index in [-0.39, 0.29) is 17.7 Å². The van der Waals surface area contributed by atoms with Gasteiger partial charge in [-0.3, -0.25) is 4.79 Å². The normalized spacial score (nSPS) is 10.0. The Balaban J connectivity index is 2.11. The van der Waals surface area contributed by atoms with Crippen LogP contribution in [-0.2, 0) is 6.54 Å². The van der Waals surface area contributed by atoms with E-state index in [2.05, 4.69) is 5.32 Å². The van der Waals surface area contributed by atoms with Crippen molar-refractivity contribution in [2.75, 3.05) is 0 Å². The minimum atomic E-state index is -1.13. The number of aromatic carboxylic acids is 1. The average molecular weight is 245 g/mol. The lowest BCUT2D eigenvalue weighted by atomic mass is 10.1. The Hall–Kier alpha value is -2.56. The highest BCUT2D eigenvalue weighted by Crippen LogP contribution is 2.09. The minimum absolute atomic E-state index is 0.0190. The summed E-state index contributed by atoms with van der Waals surface area (Å²) in [5.74, 6) is -0.959. The van der Waals surface area contributed by atoms with Crippen LogP contribution in [-0.4, -0.2) is 17.0 Å². The zero-order chi connectivity index (χ0) is 13.0. The molecule has 2 N–H and O–H groups in total. The Labute approximate surface area is 103 Å². The minimum Gasteiger partial charge on any atom is -0.478 e. The quantitative estimate of drug-likeness (QED) is 0.862. The standard InChI is InChI=1S/C13H11NO4/c15-12(14-8-9-4-3-7-18-9)10-5-1-2-6-11(10)13(16)17/h1-7H,8H2,(H,14,15)(H,16,17). The summed E-state index contributed by atoms with van der Waals surface area (Å²) in [7, 11) is 0. The van der Waals surface area contributed by atoms with Crippen LogP contribution in [0.15, 0.2) is 47.1 Å². The second-order valence-electron chi connectivity index (χ2n) is 3.61. The molecular formula is C13H11NO4. The highest BCUT2D eigenvalue weighted by atomic mass is 16.4. The van der Waals surface area contributed by atoms with Crippen LogP contribution in [0.1, 0.15) is 26.5 Å². The first-order valence-corrected chi connectivity index (χ1v) is 5.31. The lowest BCUT2D eigenvalue weighted by Gasteiger charge is -2.06. The molecule has 0 spiro atoms. The predicted octanol–water partition coefficient (Wildman–Crippen LogP) is 1.91. The van der Waals surface area contributed by atoms with Crippen LogP contribution in [0.5, 0.6) is 0 Å². The molecule has 1 heterocycles. The van der Waals surface area contributed by atoms with E-state index in [1.807, 2.05) is 0 Å². The van der Waals surface area contributed by atoms with Gasteiger partial charge >= 0.3 is 5.97 Å². The molecule has 1 aromatic carbocycles. The SMILES string of the molecule is O=C(O)c1ccccc1C(=O)NCc1ccco1. The molecule has 92 valence electrons. The maximum atomic E-state index is 11.8. The van der Waals surface area contributed by atoms with Crippen molar-refractivity contribution >= 4 is 11.9 Å². The van der Waals surface area contributed by atoms with Gasteiger partial charge in [-0.25, -0.2) is 4.79 Å². The molecule has 2 aromatic rings. The number of hydrogen-bond donors (Lipinski definition) is 2. The molecular weight excluding hydrogens is 234 g/mol. The van der Waals surface area contributed by atoms with E-state index in [9.17, 15) is 9.59 Å². The first kappa shape index (κ1) is 11.9. The number of rotatable bonds is 4. The summed E-state index contributed by atoms with van der Waals surface area (Å²) in [6.07, 6.45) is 1.51. The van der Waals surface area contributed by atoms with Crippen LogP contribution in [0, 0.1) is 0 Å². The predicted molar refractivity (Wildman–Crippen MR) is 63.3 cm³/mol. The summed E-state index contributed by atoms with van der Waals surface area (Å²) in [5, 5.41) is 11.6. The van der Waals surface area contributed by atoms with Crippen molar-refractivity contribution in [2.45, 2.75) is 6.54 Å². The third kappa shape index (κ3) is 2.57.